The standard InChI is InChI=1S/C16H20N2O3/c1-11(19)14-5-3-4-6-15(14)17-16(21)13-7-9-18(10-8-13)12(2)20/h3-6,13H,7-10H2,1-2H3,(H,17,21). The maximum Gasteiger partial charge on any atom is 0.227 e. The van der Waals surface area contributed by atoms with Crippen LogP contribution in [0.1, 0.15) is 37.0 Å². The summed E-state index contributed by atoms with van der Waals surface area (Å²) in [5.74, 6) is -0.208. The molecule has 5 heteroatoms. The van der Waals surface area contributed by atoms with Crippen molar-refractivity contribution in [2.75, 3.05) is 18.4 Å². The fourth-order valence-electron chi connectivity index (χ4n) is 2.59. The molecule has 0 atom stereocenters. The van der Waals surface area contributed by atoms with Crippen LogP contribution in [0.2, 0.25) is 0 Å². The molecular weight excluding hydrogens is 268 g/mol. The van der Waals surface area contributed by atoms with Gasteiger partial charge >= 0.3 is 0 Å². The lowest BCUT2D eigenvalue weighted by molar-refractivity contribution is -0.132. The molecule has 1 heterocycles. The highest BCUT2D eigenvalue weighted by atomic mass is 16.2. The van der Waals surface area contributed by atoms with Gasteiger partial charge in [-0.3, -0.25) is 14.4 Å². The third-order valence-corrected chi connectivity index (χ3v) is 3.88. The van der Waals surface area contributed by atoms with E-state index >= 15 is 0 Å². The third kappa shape index (κ3) is 3.68. The number of para-hydroxylation sites is 1. The highest BCUT2D eigenvalue weighted by Gasteiger charge is 2.26. The summed E-state index contributed by atoms with van der Waals surface area (Å²) in [6.07, 6.45) is 1.32. The van der Waals surface area contributed by atoms with E-state index in [9.17, 15) is 14.4 Å². The van der Waals surface area contributed by atoms with Gasteiger partial charge in [0, 0.05) is 31.5 Å². The first-order chi connectivity index (χ1) is 9.99. The molecule has 5 nitrogen and oxygen atoms in total. The second-order valence-corrected chi connectivity index (χ2v) is 5.37. The Bertz CT molecular complexity index is 560. The van der Waals surface area contributed by atoms with E-state index in [1.807, 2.05) is 0 Å². The number of anilines is 1. The molecule has 21 heavy (non-hydrogen) atoms. The van der Waals surface area contributed by atoms with Gasteiger partial charge in [-0.25, -0.2) is 0 Å². The number of carbonyl (C=O) groups excluding carboxylic acids is 3. The van der Waals surface area contributed by atoms with E-state index in [-0.39, 0.29) is 23.5 Å². The molecule has 1 aliphatic heterocycles. The van der Waals surface area contributed by atoms with Crippen molar-refractivity contribution in [2.45, 2.75) is 26.7 Å². The van der Waals surface area contributed by atoms with Crippen molar-refractivity contribution in [3.63, 3.8) is 0 Å². The van der Waals surface area contributed by atoms with Crippen molar-refractivity contribution in [1.82, 2.24) is 4.90 Å². The van der Waals surface area contributed by atoms with Gasteiger partial charge in [-0.15, -0.1) is 0 Å². The number of likely N-dealkylation sites (tertiary alicyclic amines) is 1. The summed E-state index contributed by atoms with van der Waals surface area (Å²) in [6.45, 7) is 4.25. The second-order valence-electron chi connectivity index (χ2n) is 5.37. The first-order valence-electron chi connectivity index (χ1n) is 7.15. The largest absolute Gasteiger partial charge is 0.343 e. The predicted molar refractivity (Wildman–Crippen MR) is 80.1 cm³/mol. The minimum absolute atomic E-state index is 0.0517. The number of piperidine rings is 1. The Labute approximate surface area is 124 Å². The Hall–Kier alpha value is -2.17. The normalized spacial score (nSPS) is 15.6. The fourth-order valence-corrected chi connectivity index (χ4v) is 2.59. The predicted octanol–water partition coefficient (Wildman–Crippen LogP) is 2.09. The molecule has 112 valence electrons. The molecule has 0 bridgehead atoms. The molecule has 1 N–H and O–H groups in total. The molecule has 0 radical (unpaired) electrons. The van der Waals surface area contributed by atoms with Gasteiger partial charge in [0.2, 0.25) is 11.8 Å². The summed E-state index contributed by atoms with van der Waals surface area (Å²) in [6, 6.07) is 7.01. The lowest BCUT2D eigenvalue weighted by atomic mass is 9.95. The van der Waals surface area contributed by atoms with Crippen molar-refractivity contribution in [3.8, 4) is 0 Å². The smallest absolute Gasteiger partial charge is 0.227 e. The van der Waals surface area contributed by atoms with Crippen LogP contribution in [-0.2, 0) is 9.59 Å². The summed E-state index contributed by atoms with van der Waals surface area (Å²) in [5.41, 5.74) is 1.08. The van der Waals surface area contributed by atoms with Gasteiger partial charge in [-0.2, -0.15) is 0 Å². The highest BCUT2D eigenvalue weighted by Crippen LogP contribution is 2.21. The zero-order valence-electron chi connectivity index (χ0n) is 12.4. The molecule has 1 saturated heterocycles. The summed E-state index contributed by atoms with van der Waals surface area (Å²) in [7, 11) is 0. The van der Waals surface area contributed by atoms with Gasteiger partial charge in [0.15, 0.2) is 5.78 Å². The molecule has 0 aliphatic carbocycles. The van der Waals surface area contributed by atoms with Crippen molar-refractivity contribution < 1.29 is 14.4 Å². The summed E-state index contributed by atoms with van der Waals surface area (Å²) < 4.78 is 0. The molecule has 1 fully saturated rings. The molecule has 1 aromatic carbocycles. The van der Waals surface area contributed by atoms with Crippen LogP contribution in [0.15, 0.2) is 24.3 Å². The van der Waals surface area contributed by atoms with Gasteiger partial charge in [0.05, 0.1) is 5.69 Å². The van der Waals surface area contributed by atoms with Crippen LogP contribution in [-0.4, -0.2) is 35.6 Å². The second kappa shape index (κ2) is 6.52. The quantitative estimate of drug-likeness (QED) is 0.866. The Morgan fingerprint density at radius 3 is 2.29 bits per heavy atom. The van der Waals surface area contributed by atoms with Crippen molar-refractivity contribution in [3.05, 3.63) is 29.8 Å². The number of hydrogen-bond acceptors (Lipinski definition) is 3. The molecule has 2 amide bonds. The Morgan fingerprint density at radius 2 is 1.71 bits per heavy atom. The maximum absolute atomic E-state index is 12.3. The number of hydrogen-bond donors (Lipinski definition) is 1. The van der Waals surface area contributed by atoms with E-state index in [0.29, 0.717) is 37.2 Å². The Balaban J connectivity index is 2.00. The van der Waals surface area contributed by atoms with Gasteiger partial charge in [-0.05, 0) is 31.9 Å². The summed E-state index contributed by atoms with van der Waals surface area (Å²) >= 11 is 0. The van der Waals surface area contributed by atoms with E-state index in [1.54, 1.807) is 36.1 Å². The van der Waals surface area contributed by atoms with E-state index in [1.165, 1.54) is 6.92 Å². The van der Waals surface area contributed by atoms with E-state index < -0.39 is 0 Å². The number of Topliss-reactive ketones (excluding diaryl/α,β-unsaturated/α-hetero) is 1. The summed E-state index contributed by atoms with van der Waals surface area (Å²) in [4.78, 5) is 36.9. The monoisotopic (exact) mass is 288 g/mol. The number of benzene rings is 1. The number of nitrogens with one attached hydrogen (secondary N) is 1. The zero-order chi connectivity index (χ0) is 15.4. The van der Waals surface area contributed by atoms with Crippen LogP contribution in [0, 0.1) is 5.92 Å². The molecule has 0 aromatic heterocycles. The van der Waals surface area contributed by atoms with Crippen LogP contribution in [0.5, 0.6) is 0 Å². The molecule has 2 rings (SSSR count). The lowest BCUT2D eigenvalue weighted by Crippen LogP contribution is -2.40. The number of rotatable bonds is 3. The molecule has 0 saturated carbocycles. The van der Waals surface area contributed by atoms with Crippen LogP contribution < -0.4 is 5.32 Å². The lowest BCUT2D eigenvalue weighted by Gasteiger charge is -2.30. The average molecular weight is 288 g/mol. The number of nitrogens with zero attached hydrogens (tertiary/aromatic N) is 1. The van der Waals surface area contributed by atoms with Crippen molar-refractivity contribution >= 4 is 23.3 Å². The van der Waals surface area contributed by atoms with Crippen LogP contribution >= 0.6 is 0 Å². The van der Waals surface area contributed by atoms with Crippen LogP contribution in [0.4, 0.5) is 5.69 Å². The number of amides is 2. The Kier molecular flexibility index (Phi) is 4.73. The van der Waals surface area contributed by atoms with E-state index in [0.717, 1.165) is 0 Å². The highest BCUT2D eigenvalue weighted by molar-refractivity contribution is 6.04. The topological polar surface area (TPSA) is 66.5 Å². The van der Waals surface area contributed by atoms with Gasteiger partial charge < -0.3 is 10.2 Å². The summed E-state index contributed by atoms with van der Waals surface area (Å²) in [5, 5.41) is 2.84. The Morgan fingerprint density at radius 1 is 1.10 bits per heavy atom. The SMILES string of the molecule is CC(=O)c1ccccc1NC(=O)C1CCN(C(C)=O)CC1. The maximum atomic E-state index is 12.3. The molecule has 1 aliphatic rings. The first kappa shape index (κ1) is 15.2. The minimum atomic E-state index is -0.111. The van der Waals surface area contributed by atoms with Crippen LogP contribution in [0.3, 0.4) is 0 Å². The number of carbonyl (C=O) groups is 3. The van der Waals surface area contributed by atoms with E-state index in [2.05, 4.69) is 5.32 Å². The fraction of sp³-hybridized carbons (Fsp3) is 0.438. The van der Waals surface area contributed by atoms with Crippen molar-refractivity contribution in [1.29, 1.82) is 0 Å². The molecular formula is C16H20N2O3. The van der Waals surface area contributed by atoms with Crippen LogP contribution in [0.25, 0.3) is 0 Å². The minimum Gasteiger partial charge on any atom is -0.343 e. The van der Waals surface area contributed by atoms with Gasteiger partial charge in [0.25, 0.3) is 0 Å². The first-order valence-corrected chi connectivity index (χ1v) is 7.15. The average Bonchev–Trinajstić information content (AvgIpc) is 2.47. The number of ketones is 1. The van der Waals surface area contributed by atoms with Crippen molar-refractivity contribution in [2.24, 2.45) is 5.92 Å². The van der Waals surface area contributed by atoms with Gasteiger partial charge in [-0.1, -0.05) is 12.1 Å². The molecule has 1 aromatic rings. The molecule has 0 spiro atoms. The molecule has 0 unspecified atom stereocenters. The van der Waals surface area contributed by atoms with Gasteiger partial charge in [0.1, 0.15) is 0 Å². The van der Waals surface area contributed by atoms with E-state index in [4.69, 9.17) is 0 Å². The third-order valence-electron chi connectivity index (χ3n) is 3.88. The zero-order valence-corrected chi connectivity index (χ0v) is 12.4.